The smallest absolute Gasteiger partial charge is 0.182 e. The van der Waals surface area contributed by atoms with Crippen molar-refractivity contribution in [2.75, 3.05) is 12.8 Å². The molecule has 4 aromatic carbocycles. The highest BCUT2D eigenvalue weighted by molar-refractivity contribution is 7.95. The van der Waals surface area contributed by atoms with Gasteiger partial charge in [0, 0.05) is 26.3 Å². The lowest BCUT2D eigenvalue weighted by Crippen LogP contribution is -2.33. The van der Waals surface area contributed by atoms with E-state index in [1.54, 1.807) is 6.21 Å². The van der Waals surface area contributed by atoms with Gasteiger partial charge in [-0.3, -0.25) is 0 Å². The van der Waals surface area contributed by atoms with Crippen LogP contribution in [0.5, 0.6) is 5.75 Å². The quantitative estimate of drug-likeness (QED) is 0.0604. The van der Waals surface area contributed by atoms with E-state index in [0.29, 0.717) is 6.61 Å². The minimum Gasteiger partial charge on any atom is -0.623 e. The largest absolute Gasteiger partial charge is 0.623 e. The zero-order valence-corrected chi connectivity index (χ0v) is 23.0. The summed E-state index contributed by atoms with van der Waals surface area (Å²) in [5.74, 6) is 0.834. The Morgan fingerprint density at radius 1 is 0.676 bits per heavy atom. The molecule has 0 aromatic heterocycles. The number of ether oxygens (including phenoxy) is 1. The van der Waals surface area contributed by atoms with Crippen molar-refractivity contribution in [2.24, 2.45) is 0 Å². The SMILES string of the molecule is CC(C)(C)/[N+]([O-])=C/c1ccc(OCCCC[P+](c2ccccc2)(c2ccccc2)c2ccccc2)cc1. The molecule has 3 nitrogen and oxygen atoms in total. The average molecular weight is 511 g/mol. The van der Waals surface area contributed by atoms with E-state index in [1.807, 2.05) is 45.0 Å². The standard InChI is InChI=1S/C33H37NO2P/c1-33(2,3)34(35)27-28-21-23-29(24-22-28)36-25-13-14-26-37(30-15-7-4-8-16-30,31-17-9-5-10-18-31)32-19-11-6-12-20-32/h4-12,15-24,27H,13-14,25-26H2,1-3H3/q+1/b34-27-. The number of hydrogen-bond donors (Lipinski definition) is 0. The molecule has 0 N–H and O–H groups in total. The van der Waals surface area contributed by atoms with Crippen LogP contribution in [0.1, 0.15) is 39.2 Å². The van der Waals surface area contributed by atoms with Gasteiger partial charge in [0.2, 0.25) is 0 Å². The second kappa shape index (κ2) is 12.2. The lowest BCUT2D eigenvalue weighted by molar-refractivity contribution is -0.530. The van der Waals surface area contributed by atoms with Gasteiger partial charge in [0.15, 0.2) is 11.8 Å². The lowest BCUT2D eigenvalue weighted by Gasteiger charge is -2.27. The van der Waals surface area contributed by atoms with Crippen molar-refractivity contribution in [3.63, 3.8) is 0 Å². The molecular formula is C33H37NO2P+. The Kier molecular flexibility index (Phi) is 8.79. The first-order valence-corrected chi connectivity index (χ1v) is 15.0. The molecule has 0 heterocycles. The third kappa shape index (κ3) is 6.67. The molecule has 0 atom stereocenters. The monoisotopic (exact) mass is 510 g/mol. The van der Waals surface area contributed by atoms with E-state index in [1.165, 1.54) is 15.9 Å². The molecule has 4 rings (SSSR count). The van der Waals surface area contributed by atoms with Crippen molar-refractivity contribution in [3.8, 4) is 5.75 Å². The summed E-state index contributed by atoms with van der Waals surface area (Å²) in [6.45, 7) is 6.37. The van der Waals surface area contributed by atoms with Crippen LogP contribution in [0, 0.1) is 5.21 Å². The molecule has 0 bridgehead atoms. The predicted octanol–water partition coefficient (Wildman–Crippen LogP) is 6.57. The molecule has 0 radical (unpaired) electrons. The zero-order chi connectivity index (χ0) is 26.1. The van der Waals surface area contributed by atoms with E-state index < -0.39 is 12.8 Å². The Hall–Kier alpha value is -3.42. The highest BCUT2D eigenvalue weighted by Crippen LogP contribution is 2.55. The van der Waals surface area contributed by atoms with E-state index in [2.05, 4.69) is 91.0 Å². The molecule has 0 saturated heterocycles. The molecule has 4 heteroatoms. The molecule has 0 aliphatic carbocycles. The first kappa shape index (κ1) is 26.6. The molecular weight excluding hydrogens is 473 g/mol. The second-order valence-corrected chi connectivity index (χ2v) is 13.9. The summed E-state index contributed by atoms with van der Waals surface area (Å²) in [6, 6.07) is 40.8. The Labute approximate surface area is 222 Å². The zero-order valence-electron chi connectivity index (χ0n) is 22.1. The van der Waals surface area contributed by atoms with Crippen LogP contribution in [-0.4, -0.2) is 29.3 Å². The molecule has 0 amide bonds. The van der Waals surface area contributed by atoms with Gasteiger partial charge in [0.25, 0.3) is 0 Å². The number of rotatable bonds is 10. The van der Waals surface area contributed by atoms with Crippen LogP contribution in [0.3, 0.4) is 0 Å². The minimum absolute atomic E-state index is 0.452. The summed E-state index contributed by atoms with van der Waals surface area (Å²) in [6.07, 6.45) is 4.76. The molecule has 0 aliphatic heterocycles. The number of hydrogen-bond acceptors (Lipinski definition) is 2. The number of nitrogens with zero attached hydrogens (tertiary/aromatic N) is 1. The highest BCUT2D eigenvalue weighted by atomic mass is 31.2. The molecule has 4 aromatic rings. The summed E-state index contributed by atoms with van der Waals surface area (Å²) in [7, 11) is -1.79. The maximum Gasteiger partial charge on any atom is 0.182 e. The summed E-state index contributed by atoms with van der Waals surface area (Å²) in [5.41, 5.74) is 0.423. The molecule has 0 aliphatic rings. The Morgan fingerprint density at radius 3 is 1.57 bits per heavy atom. The van der Waals surface area contributed by atoms with Crippen molar-refractivity contribution in [2.45, 2.75) is 39.2 Å². The van der Waals surface area contributed by atoms with Crippen LogP contribution in [0.25, 0.3) is 0 Å². The van der Waals surface area contributed by atoms with Gasteiger partial charge in [-0.1, -0.05) is 54.6 Å². The van der Waals surface area contributed by atoms with Crippen molar-refractivity contribution < 1.29 is 9.48 Å². The van der Waals surface area contributed by atoms with Gasteiger partial charge in [-0.05, 0) is 73.5 Å². The molecule has 0 fully saturated rings. The maximum atomic E-state index is 12.2. The Morgan fingerprint density at radius 2 is 1.14 bits per heavy atom. The number of benzene rings is 4. The van der Waals surface area contributed by atoms with Gasteiger partial charge < -0.3 is 9.94 Å². The van der Waals surface area contributed by atoms with Gasteiger partial charge in [-0.25, -0.2) is 4.74 Å². The number of unbranched alkanes of at least 4 members (excludes halogenated alkanes) is 1. The van der Waals surface area contributed by atoms with E-state index in [9.17, 15) is 5.21 Å². The fraction of sp³-hybridized carbons (Fsp3) is 0.242. The van der Waals surface area contributed by atoms with Gasteiger partial charge in [-0.15, -0.1) is 0 Å². The fourth-order valence-corrected chi connectivity index (χ4v) is 8.91. The van der Waals surface area contributed by atoms with Crippen molar-refractivity contribution >= 4 is 29.4 Å². The van der Waals surface area contributed by atoms with Crippen LogP contribution >= 0.6 is 7.26 Å². The van der Waals surface area contributed by atoms with E-state index in [-0.39, 0.29) is 0 Å². The van der Waals surface area contributed by atoms with Crippen LogP contribution in [-0.2, 0) is 0 Å². The molecule has 190 valence electrons. The maximum absolute atomic E-state index is 12.2. The molecule has 0 spiro atoms. The Balaban J connectivity index is 1.46. The van der Waals surface area contributed by atoms with Crippen LogP contribution in [0.2, 0.25) is 0 Å². The van der Waals surface area contributed by atoms with Crippen LogP contribution in [0.15, 0.2) is 115 Å². The lowest BCUT2D eigenvalue weighted by atomic mass is 10.1. The van der Waals surface area contributed by atoms with Crippen molar-refractivity contribution in [3.05, 3.63) is 126 Å². The fourth-order valence-electron chi connectivity index (χ4n) is 4.50. The predicted molar refractivity (Wildman–Crippen MR) is 160 cm³/mol. The number of hydroxylamine groups is 1. The van der Waals surface area contributed by atoms with E-state index in [0.717, 1.165) is 35.1 Å². The van der Waals surface area contributed by atoms with Gasteiger partial charge in [0.1, 0.15) is 28.9 Å². The van der Waals surface area contributed by atoms with Crippen LogP contribution < -0.4 is 20.7 Å². The van der Waals surface area contributed by atoms with Gasteiger partial charge in [0.05, 0.1) is 12.8 Å². The normalized spacial score (nSPS) is 12.4. The average Bonchev–Trinajstić information content (AvgIpc) is 2.93. The van der Waals surface area contributed by atoms with Gasteiger partial charge >= 0.3 is 0 Å². The molecule has 0 saturated carbocycles. The third-order valence-electron chi connectivity index (χ3n) is 6.56. The highest BCUT2D eigenvalue weighted by Gasteiger charge is 2.44. The van der Waals surface area contributed by atoms with E-state index in [4.69, 9.17) is 4.74 Å². The summed E-state index contributed by atoms with van der Waals surface area (Å²) in [4.78, 5) is 0. The Bertz CT molecular complexity index is 1170. The van der Waals surface area contributed by atoms with Crippen molar-refractivity contribution in [1.82, 2.24) is 0 Å². The summed E-state index contributed by atoms with van der Waals surface area (Å²) < 4.78 is 7.06. The first-order chi connectivity index (χ1) is 17.9. The molecule has 37 heavy (non-hydrogen) atoms. The second-order valence-electron chi connectivity index (χ2n) is 10.3. The third-order valence-corrected chi connectivity index (χ3v) is 11.1. The van der Waals surface area contributed by atoms with E-state index >= 15 is 0 Å². The summed E-state index contributed by atoms with van der Waals surface area (Å²) in [5, 5.41) is 16.4. The van der Waals surface area contributed by atoms with Crippen LogP contribution in [0.4, 0.5) is 0 Å². The van der Waals surface area contributed by atoms with Crippen molar-refractivity contribution in [1.29, 1.82) is 0 Å². The van der Waals surface area contributed by atoms with Gasteiger partial charge in [-0.2, -0.15) is 0 Å². The first-order valence-electron chi connectivity index (χ1n) is 13.0. The summed E-state index contributed by atoms with van der Waals surface area (Å²) >= 11 is 0. The topological polar surface area (TPSA) is 35.3 Å². The molecule has 0 unspecified atom stereocenters. The minimum atomic E-state index is -1.79.